The molecule has 21 heavy (non-hydrogen) atoms. The van der Waals surface area contributed by atoms with Crippen LogP contribution in [0.2, 0.25) is 5.02 Å². The number of carboxylic acids is 1. The molecule has 0 aromatic heterocycles. The molecule has 1 atom stereocenters. The van der Waals surface area contributed by atoms with Crippen LogP contribution in [-0.2, 0) is 10.0 Å². The van der Waals surface area contributed by atoms with E-state index in [2.05, 4.69) is 4.90 Å². The van der Waals surface area contributed by atoms with Crippen molar-refractivity contribution in [2.45, 2.75) is 17.9 Å². The van der Waals surface area contributed by atoms with Crippen LogP contribution in [0.15, 0.2) is 23.1 Å². The highest BCUT2D eigenvalue weighted by atomic mass is 35.5. The fraction of sp³-hybridized carbons (Fsp3) is 0.462. The second-order valence-corrected chi connectivity index (χ2v) is 7.47. The Bertz CT molecular complexity index is 662. The van der Waals surface area contributed by atoms with Crippen molar-refractivity contribution in [1.82, 2.24) is 9.21 Å². The predicted octanol–water partition coefficient (Wildman–Crippen LogP) is 1.36. The van der Waals surface area contributed by atoms with Gasteiger partial charge < -0.3 is 10.0 Å². The number of benzene rings is 1. The van der Waals surface area contributed by atoms with E-state index in [0.717, 1.165) is 0 Å². The van der Waals surface area contributed by atoms with Crippen molar-refractivity contribution in [2.75, 3.05) is 26.7 Å². The monoisotopic (exact) mass is 332 g/mol. The first-order valence-corrected chi connectivity index (χ1v) is 8.28. The molecule has 2 rings (SSSR count). The number of sulfonamides is 1. The van der Waals surface area contributed by atoms with Crippen LogP contribution >= 0.6 is 11.6 Å². The summed E-state index contributed by atoms with van der Waals surface area (Å²) in [5.74, 6) is -1.18. The summed E-state index contributed by atoms with van der Waals surface area (Å²) in [4.78, 5) is 13.0. The summed E-state index contributed by atoms with van der Waals surface area (Å²) in [7, 11) is -1.73. The van der Waals surface area contributed by atoms with Crippen molar-refractivity contribution >= 4 is 27.6 Å². The maximum absolute atomic E-state index is 12.6. The van der Waals surface area contributed by atoms with Gasteiger partial charge in [-0.05, 0) is 32.2 Å². The Labute approximate surface area is 129 Å². The third-order valence-electron chi connectivity index (χ3n) is 3.55. The van der Waals surface area contributed by atoms with Gasteiger partial charge in [0.25, 0.3) is 0 Å². The molecular formula is C13H17ClN2O4S. The fourth-order valence-corrected chi connectivity index (χ4v) is 4.41. The minimum atomic E-state index is -3.67. The molecule has 0 aliphatic carbocycles. The molecule has 1 heterocycles. The SMILES string of the molecule is CC1CN(C)CCN1S(=O)(=O)c1ccc(C(=O)O)c(Cl)c1. The molecule has 0 radical (unpaired) electrons. The molecule has 1 N–H and O–H groups in total. The van der Waals surface area contributed by atoms with E-state index in [1.165, 1.54) is 22.5 Å². The number of carboxylic acid groups (broad SMARTS) is 1. The smallest absolute Gasteiger partial charge is 0.337 e. The number of piperazine rings is 1. The number of carbonyl (C=O) groups is 1. The Morgan fingerprint density at radius 1 is 1.38 bits per heavy atom. The van der Waals surface area contributed by atoms with Crippen LogP contribution in [0, 0.1) is 0 Å². The van der Waals surface area contributed by atoms with E-state index in [-0.39, 0.29) is 21.5 Å². The lowest BCUT2D eigenvalue weighted by Gasteiger charge is -2.37. The Morgan fingerprint density at radius 2 is 2.05 bits per heavy atom. The van der Waals surface area contributed by atoms with Crippen LogP contribution in [0.4, 0.5) is 0 Å². The number of nitrogens with zero attached hydrogens (tertiary/aromatic N) is 2. The van der Waals surface area contributed by atoms with Crippen LogP contribution < -0.4 is 0 Å². The van der Waals surface area contributed by atoms with Gasteiger partial charge in [-0.3, -0.25) is 0 Å². The van der Waals surface area contributed by atoms with Gasteiger partial charge in [-0.25, -0.2) is 13.2 Å². The van der Waals surface area contributed by atoms with Crippen molar-refractivity contribution in [2.24, 2.45) is 0 Å². The molecule has 1 fully saturated rings. The number of likely N-dealkylation sites (N-methyl/N-ethyl adjacent to an activating group) is 1. The van der Waals surface area contributed by atoms with Gasteiger partial charge in [-0.1, -0.05) is 11.6 Å². The van der Waals surface area contributed by atoms with Crippen molar-refractivity contribution < 1.29 is 18.3 Å². The molecule has 0 amide bonds. The zero-order chi connectivity index (χ0) is 15.8. The highest BCUT2D eigenvalue weighted by Crippen LogP contribution is 2.25. The van der Waals surface area contributed by atoms with Gasteiger partial charge in [-0.2, -0.15) is 4.31 Å². The first-order valence-electron chi connectivity index (χ1n) is 6.46. The van der Waals surface area contributed by atoms with E-state index in [4.69, 9.17) is 16.7 Å². The Balaban J connectivity index is 2.36. The van der Waals surface area contributed by atoms with Crippen LogP contribution in [-0.4, -0.2) is 61.4 Å². The summed E-state index contributed by atoms with van der Waals surface area (Å²) in [5.41, 5.74) is -0.109. The lowest BCUT2D eigenvalue weighted by Crippen LogP contribution is -2.52. The normalized spacial score (nSPS) is 21.4. The average molecular weight is 333 g/mol. The first-order chi connectivity index (χ1) is 9.73. The van der Waals surface area contributed by atoms with Crippen LogP contribution in [0.5, 0.6) is 0 Å². The molecule has 1 aliphatic heterocycles. The maximum Gasteiger partial charge on any atom is 0.337 e. The number of hydrogen-bond acceptors (Lipinski definition) is 4. The van der Waals surface area contributed by atoms with Crippen molar-refractivity contribution in [1.29, 1.82) is 0 Å². The zero-order valence-corrected chi connectivity index (χ0v) is 13.4. The van der Waals surface area contributed by atoms with E-state index in [0.29, 0.717) is 19.6 Å². The fourth-order valence-electron chi connectivity index (χ4n) is 2.45. The van der Waals surface area contributed by atoms with Gasteiger partial charge in [0.05, 0.1) is 15.5 Å². The second-order valence-electron chi connectivity index (χ2n) is 5.17. The topological polar surface area (TPSA) is 77.9 Å². The van der Waals surface area contributed by atoms with Crippen LogP contribution in [0.1, 0.15) is 17.3 Å². The van der Waals surface area contributed by atoms with Gasteiger partial charge in [-0.15, -0.1) is 0 Å². The molecule has 1 saturated heterocycles. The third-order valence-corrected chi connectivity index (χ3v) is 5.87. The third kappa shape index (κ3) is 3.21. The molecule has 1 aromatic carbocycles. The van der Waals surface area contributed by atoms with Gasteiger partial charge in [0, 0.05) is 25.7 Å². The van der Waals surface area contributed by atoms with E-state index in [1.807, 2.05) is 14.0 Å². The summed E-state index contributed by atoms with van der Waals surface area (Å²) >= 11 is 5.86. The minimum absolute atomic E-state index is 0.0221. The van der Waals surface area contributed by atoms with Crippen molar-refractivity contribution in [3.63, 3.8) is 0 Å². The van der Waals surface area contributed by atoms with Gasteiger partial charge in [0.1, 0.15) is 0 Å². The Hall–Kier alpha value is -1.15. The molecule has 6 nitrogen and oxygen atoms in total. The first kappa shape index (κ1) is 16.2. The molecule has 1 unspecified atom stereocenters. The zero-order valence-electron chi connectivity index (χ0n) is 11.8. The number of rotatable bonds is 3. The second kappa shape index (κ2) is 5.92. The van der Waals surface area contributed by atoms with Gasteiger partial charge >= 0.3 is 5.97 Å². The highest BCUT2D eigenvalue weighted by molar-refractivity contribution is 7.89. The van der Waals surface area contributed by atoms with E-state index >= 15 is 0 Å². The summed E-state index contributed by atoms with van der Waals surface area (Å²) < 4.78 is 26.7. The van der Waals surface area contributed by atoms with Crippen molar-refractivity contribution in [3.05, 3.63) is 28.8 Å². The lowest BCUT2D eigenvalue weighted by molar-refractivity contribution is 0.0697. The summed E-state index contributed by atoms with van der Waals surface area (Å²) in [6.45, 7) is 3.56. The van der Waals surface area contributed by atoms with Crippen LogP contribution in [0.25, 0.3) is 0 Å². The molecule has 8 heteroatoms. The largest absolute Gasteiger partial charge is 0.478 e. The van der Waals surface area contributed by atoms with Gasteiger partial charge in [0.2, 0.25) is 10.0 Å². The molecular weight excluding hydrogens is 316 g/mol. The van der Waals surface area contributed by atoms with Crippen molar-refractivity contribution in [3.8, 4) is 0 Å². The standard InChI is InChI=1S/C13H17ClN2O4S/c1-9-8-15(2)5-6-16(9)21(19,20)10-3-4-11(13(17)18)12(14)7-10/h3-4,7,9H,5-6,8H2,1-2H3,(H,17,18). The quantitative estimate of drug-likeness (QED) is 0.904. The molecule has 0 bridgehead atoms. The van der Waals surface area contributed by atoms with Crippen LogP contribution in [0.3, 0.4) is 0 Å². The number of hydrogen-bond donors (Lipinski definition) is 1. The minimum Gasteiger partial charge on any atom is -0.478 e. The molecule has 116 valence electrons. The summed E-state index contributed by atoms with van der Waals surface area (Å²) in [6.07, 6.45) is 0. The Kier molecular flexibility index (Phi) is 4.57. The molecule has 1 aliphatic rings. The number of aromatic carboxylic acids is 1. The molecule has 0 saturated carbocycles. The molecule has 0 spiro atoms. The average Bonchev–Trinajstić information content (AvgIpc) is 2.37. The van der Waals surface area contributed by atoms with E-state index in [1.54, 1.807) is 0 Å². The summed E-state index contributed by atoms with van der Waals surface area (Å²) in [6, 6.07) is 3.56. The van der Waals surface area contributed by atoms with Gasteiger partial charge in [0.15, 0.2) is 0 Å². The molecule has 1 aromatic rings. The summed E-state index contributed by atoms with van der Waals surface area (Å²) in [5, 5.41) is 8.85. The van der Waals surface area contributed by atoms with E-state index < -0.39 is 16.0 Å². The maximum atomic E-state index is 12.6. The lowest BCUT2D eigenvalue weighted by atomic mass is 10.2. The van der Waals surface area contributed by atoms with E-state index in [9.17, 15) is 13.2 Å². The Morgan fingerprint density at radius 3 is 2.57 bits per heavy atom. The number of halogens is 1. The predicted molar refractivity (Wildman–Crippen MR) is 79.3 cm³/mol. The highest BCUT2D eigenvalue weighted by Gasteiger charge is 2.33.